The lowest BCUT2D eigenvalue weighted by Gasteiger charge is -2.33. The minimum Gasteiger partial charge on any atom is -0.355 e. The Balaban J connectivity index is 1.42. The van der Waals surface area contributed by atoms with E-state index in [9.17, 15) is 17.6 Å². The zero-order chi connectivity index (χ0) is 20.4. The third-order valence-electron chi connectivity index (χ3n) is 4.76. The number of benzene rings is 2. The number of hydrogen-bond donors (Lipinski definition) is 0. The molecule has 1 aliphatic heterocycles. The van der Waals surface area contributed by atoms with Crippen molar-refractivity contribution in [1.29, 1.82) is 0 Å². The van der Waals surface area contributed by atoms with Crippen LogP contribution >= 0.6 is 0 Å². The largest absolute Gasteiger partial charge is 0.355 e. The van der Waals surface area contributed by atoms with Gasteiger partial charge >= 0.3 is 0 Å². The Hall–Kier alpha value is -3.04. The highest BCUT2D eigenvalue weighted by Gasteiger charge is 2.31. The monoisotopic (exact) mass is 415 g/mol. The van der Waals surface area contributed by atoms with Gasteiger partial charge in [0, 0.05) is 37.8 Å². The number of nitrogens with zero attached hydrogens (tertiary/aromatic N) is 3. The molecule has 29 heavy (non-hydrogen) atoms. The molecule has 4 rings (SSSR count). The number of carbonyl (C=O) groups is 1. The molecule has 0 saturated carbocycles. The molecule has 0 atom stereocenters. The van der Waals surface area contributed by atoms with E-state index in [4.69, 9.17) is 4.52 Å². The summed E-state index contributed by atoms with van der Waals surface area (Å²) in [5.74, 6) is -0.317. The van der Waals surface area contributed by atoms with Crippen molar-refractivity contribution in [1.82, 2.24) is 14.4 Å². The zero-order valence-corrected chi connectivity index (χ0v) is 16.2. The van der Waals surface area contributed by atoms with Crippen LogP contribution in [0.1, 0.15) is 10.5 Å². The fraction of sp³-hybridized carbons (Fsp3) is 0.200. The van der Waals surface area contributed by atoms with Crippen molar-refractivity contribution in [2.75, 3.05) is 26.2 Å². The van der Waals surface area contributed by atoms with Crippen molar-refractivity contribution < 1.29 is 22.1 Å². The molecule has 1 aliphatic rings. The van der Waals surface area contributed by atoms with Crippen LogP contribution < -0.4 is 0 Å². The second-order valence-electron chi connectivity index (χ2n) is 6.59. The molecule has 0 N–H and O–H groups in total. The maximum Gasteiger partial charge on any atom is 0.276 e. The number of piperazine rings is 1. The minimum absolute atomic E-state index is 0.0303. The average molecular weight is 415 g/mol. The first-order valence-corrected chi connectivity index (χ1v) is 10.5. The third-order valence-corrected chi connectivity index (χ3v) is 6.68. The average Bonchev–Trinajstić information content (AvgIpc) is 3.24. The van der Waals surface area contributed by atoms with Crippen LogP contribution in [0, 0.1) is 5.82 Å². The summed E-state index contributed by atoms with van der Waals surface area (Å²) in [4.78, 5) is 14.3. The molecule has 1 amide bonds. The molecule has 0 spiro atoms. The van der Waals surface area contributed by atoms with E-state index in [1.165, 1.54) is 16.4 Å². The van der Waals surface area contributed by atoms with E-state index in [-0.39, 0.29) is 42.7 Å². The Morgan fingerprint density at radius 3 is 2.28 bits per heavy atom. The number of carbonyl (C=O) groups excluding carboxylic acids is 1. The van der Waals surface area contributed by atoms with Crippen LogP contribution in [0.5, 0.6) is 0 Å². The summed E-state index contributed by atoms with van der Waals surface area (Å²) >= 11 is 0. The van der Waals surface area contributed by atoms with Gasteiger partial charge in [-0.1, -0.05) is 35.5 Å². The Morgan fingerprint density at radius 1 is 0.966 bits per heavy atom. The number of rotatable bonds is 4. The van der Waals surface area contributed by atoms with Gasteiger partial charge in [-0.25, -0.2) is 12.8 Å². The molecule has 0 radical (unpaired) electrons. The maximum atomic E-state index is 13.1. The van der Waals surface area contributed by atoms with Gasteiger partial charge in [-0.2, -0.15) is 4.31 Å². The quantitative estimate of drug-likeness (QED) is 0.654. The predicted molar refractivity (Wildman–Crippen MR) is 103 cm³/mol. The van der Waals surface area contributed by atoms with Crippen LogP contribution in [0.15, 0.2) is 70.1 Å². The lowest BCUT2D eigenvalue weighted by molar-refractivity contribution is 0.0687. The van der Waals surface area contributed by atoms with Gasteiger partial charge < -0.3 is 9.42 Å². The van der Waals surface area contributed by atoms with Crippen molar-refractivity contribution in [3.63, 3.8) is 0 Å². The van der Waals surface area contributed by atoms with Crippen molar-refractivity contribution >= 4 is 15.9 Å². The molecule has 1 saturated heterocycles. The summed E-state index contributed by atoms with van der Waals surface area (Å²) in [5.41, 5.74) is 0.993. The van der Waals surface area contributed by atoms with Crippen molar-refractivity contribution in [3.05, 3.63) is 72.2 Å². The summed E-state index contributed by atoms with van der Waals surface area (Å²) in [6.07, 6.45) is 0. The van der Waals surface area contributed by atoms with E-state index in [2.05, 4.69) is 5.16 Å². The number of amides is 1. The molecule has 1 aromatic heterocycles. The van der Waals surface area contributed by atoms with E-state index in [1.807, 2.05) is 30.3 Å². The van der Waals surface area contributed by atoms with Gasteiger partial charge in [0.25, 0.3) is 5.91 Å². The molecule has 150 valence electrons. The van der Waals surface area contributed by atoms with E-state index in [0.717, 1.165) is 17.7 Å². The molecule has 0 aliphatic carbocycles. The van der Waals surface area contributed by atoms with Gasteiger partial charge in [0.1, 0.15) is 5.82 Å². The maximum absolute atomic E-state index is 13.1. The van der Waals surface area contributed by atoms with Gasteiger partial charge in [0.2, 0.25) is 10.0 Å². The normalized spacial score (nSPS) is 15.4. The lowest BCUT2D eigenvalue weighted by Crippen LogP contribution is -2.50. The molecule has 9 heteroatoms. The van der Waals surface area contributed by atoms with Crippen molar-refractivity contribution in [3.8, 4) is 11.3 Å². The summed E-state index contributed by atoms with van der Waals surface area (Å²) < 4.78 is 45.0. The molecular formula is C20H18FN3O4S. The molecule has 7 nitrogen and oxygen atoms in total. The van der Waals surface area contributed by atoms with E-state index < -0.39 is 15.8 Å². The Kier molecular flexibility index (Phi) is 5.16. The summed E-state index contributed by atoms with van der Waals surface area (Å²) in [5, 5.41) is 3.86. The molecule has 2 aromatic carbocycles. The highest BCUT2D eigenvalue weighted by Crippen LogP contribution is 2.22. The van der Waals surface area contributed by atoms with Crippen molar-refractivity contribution in [2.24, 2.45) is 0 Å². The van der Waals surface area contributed by atoms with Gasteiger partial charge in [0.15, 0.2) is 11.5 Å². The van der Waals surface area contributed by atoms with Gasteiger partial charge in [-0.05, 0) is 24.3 Å². The van der Waals surface area contributed by atoms with Crippen LogP contribution in [0.3, 0.4) is 0 Å². The van der Waals surface area contributed by atoms with Crippen molar-refractivity contribution in [2.45, 2.75) is 4.90 Å². The third kappa shape index (κ3) is 3.92. The molecule has 0 unspecified atom stereocenters. The van der Waals surface area contributed by atoms with E-state index >= 15 is 0 Å². The lowest BCUT2D eigenvalue weighted by atomic mass is 10.1. The molecular weight excluding hydrogens is 397 g/mol. The van der Waals surface area contributed by atoms with Gasteiger partial charge in [-0.3, -0.25) is 4.79 Å². The number of sulfonamides is 1. The summed E-state index contributed by atoms with van der Waals surface area (Å²) in [6.45, 7) is 0.753. The second-order valence-corrected chi connectivity index (χ2v) is 8.53. The Bertz CT molecular complexity index is 1110. The molecule has 1 fully saturated rings. The van der Waals surface area contributed by atoms with Gasteiger partial charge in [-0.15, -0.1) is 0 Å². The summed E-state index contributed by atoms with van der Waals surface area (Å²) in [7, 11) is -3.73. The first-order chi connectivity index (χ1) is 13.9. The Labute approximate surface area is 167 Å². The first-order valence-electron chi connectivity index (χ1n) is 9.02. The van der Waals surface area contributed by atoms with E-state index in [1.54, 1.807) is 11.0 Å². The molecule has 0 bridgehead atoms. The SMILES string of the molecule is O=C(c1cc(-c2ccccc2)on1)N1CCN(S(=O)(=O)c2ccc(F)cc2)CC1. The fourth-order valence-electron chi connectivity index (χ4n) is 3.16. The Morgan fingerprint density at radius 2 is 1.62 bits per heavy atom. The number of halogens is 1. The van der Waals surface area contributed by atoms with Crippen LogP contribution in [-0.2, 0) is 10.0 Å². The van der Waals surface area contributed by atoms with Crippen LogP contribution in [0.25, 0.3) is 11.3 Å². The van der Waals surface area contributed by atoms with Crippen LogP contribution in [0.4, 0.5) is 4.39 Å². The van der Waals surface area contributed by atoms with Crippen LogP contribution in [0.2, 0.25) is 0 Å². The summed E-state index contributed by atoms with van der Waals surface area (Å²) in [6, 6.07) is 15.6. The molecule has 3 aromatic rings. The number of aromatic nitrogens is 1. The fourth-order valence-corrected chi connectivity index (χ4v) is 4.59. The zero-order valence-electron chi connectivity index (χ0n) is 15.4. The highest BCUT2D eigenvalue weighted by atomic mass is 32.2. The predicted octanol–water partition coefficient (Wildman–Crippen LogP) is 2.63. The van der Waals surface area contributed by atoms with E-state index in [0.29, 0.717) is 5.76 Å². The topological polar surface area (TPSA) is 83.7 Å². The van der Waals surface area contributed by atoms with Gasteiger partial charge in [0.05, 0.1) is 4.90 Å². The minimum atomic E-state index is -3.73. The first kappa shape index (κ1) is 19.3. The smallest absolute Gasteiger partial charge is 0.276 e. The second kappa shape index (κ2) is 7.76. The van der Waals surface area contributed by atoms with Crippen LogP contribution in [-0.4, -0.2) is 54.9 Å². The highest BCUT2D eigenvalue weighted by molar-refractivity contribution is 7.89. The molecule has 2 heterocycles. The standard InChI is InChI=1S/C20H18FN3O4S/c21-16-6-8-17(9-7-16)29(26,27)24-12-10-23(11-13-24)20(25)18-14-19(28-22-18)15-4-2-1-3-5-15/h1-9,14H,10-13H2. The number of hydrogen-bond acceptors (Lipinski definition) is 5.